The molecule has 4 rings (SSSR count). The molecule has 3 atom stereocenters. The van der Waals surface area contributed by atoms with Crippen molar-refractivity contribution in [1.29, 1.82) is 0 Å². The Morgan fingerprint density at radius 2 is 2.20 bits per heavy atom. The number of nitrogens with zero attached hydrogens (tertiary/aromatic N) is 1. The van der Waals surface area contributed by atoms with Crippen molar-refractivity contribution >= 4 is 0 Å². The zero-order valence-corrected chi connectivity index (χ0v) is 11.6. The van der Waals surface area contributed by atoms with Crippen LogP contribution in [0.2, 0.25) is 0 Å². The predicted molar refractivity (Wildman–Crippen MR) is 75.1 cm³/mol. The molecule has 1 aromatic rings. The number of hydrogen-bond acceptors (Lipinski definition) is 3. The van der Waals surface area contributed by atoms with Gasteiger partial charge in [0.1, 0.15) is 17.2 Å². The van der Waals surface area contributed by atoms with E-state index in [0.29, 0.717) is 11.8 Å². The second-order valence-corrected chi connectivity index (χ2v) is 6.56. The lowest BCUT2D eigenvalue weighted by Crippen LogP contribution is -2.53. The Morgan fingerprint density at radius 1 is 1.30 bits per heavy atom. The van der Waals surface area contributed by atoms with Crippen molar-refractivity contribution in [3.63, 3.8) is 0 Å². The number of halogens is 1. The molecule has 0 bridgehead atoms. The van der Waals surface area contributed by atoms with Gasteiger partial charge in [0.05, 0.1) is 0 Å². The highest BCUT2D eigenvalue weighted by molar-refractivity contribution is 5.39. The molecule has 0 aliphatic carbocycles. The Morgan fingerprint density at radius 3 is 3.10 bits per heavy atom. The van der Waals surface area contributed by atoms with Crippen LogP contribution in [0.15, 0.2) is 18.2 Å². The van der Waals surface area contributed by atoms with E-state index >= 15 is 0 Å². The first-order valence-electron chi connectivity index (χ1n) is 7.63. The summed E-state index contributed by atoms with van der Waals surface area (Å²) in [6, 6.07) is 5.34. The minimum absolute atomic E-state index is 0.0349. The molecule has 4 heteroatoms. The molecular weight excluding hydrogens is 255 g/mol. The topological polar surface area (TPSA) is 38.5 Å². The van der Waals surface area contributed by atoms with Gasteiger partial charge in [0.2, 0.25) is 0 Å². The largest absolute Gasteiger partial charge is 0.487 e. The van der Waals surface area contributed by atoms with Gasteiger partial charge in [-0.15, -0.1) is 0 Å². The zero-order chi connectivity index (χ0) is 13.7. The fraction of sp³-hybridized carbons (Fsp3) is 0.625. The van der Waals surface area contributed by atoms with Crippen LogP contribution in [0, 0.1) is 5.82 Å². The molecule has 0 radical (unpaired) electrons. The summed E-state index contributed by atoms with van der Waals surface area (Å²) in [5, 5.41) is 0. The third-order valence-corrected chi connectivity index (χ3v) is 5.25. The summed E-state index contributed by atoms with van der Waals surface area (Å²) >= 11 is 0. The molecule has 2 N–H and O–H groups in total. The average molecular weight is 276 g/mol. The highest BCUT2D eigenvalue weighted by Crippen LogP contribution is 2.46. The second-order valence-electron chi connectivity index (χ2n) is 6.56. The van der Waals surface area contributed by atoms with Crippen molar-refractivity contribution in [1.82, 2.24) is 4.90 Å². The molecule has 108 valence electrons. The van der Waals surface area contributed by atoms with E-state index < -0.39 is 0 Å². The summed E-state index contributed by atoms with van der Waals surface area (Å²) in [7, 11) is 0. The quantitative estimate of drug-likeness (QED) is 0.791. The Labute approximate surface area is 118 Å². The fourth-order valence-electron chi connectivity index (χ4n) is 4.27. The minimum Gasteiger partial charge on any atom is -0.487 e. The van der Waals surface area contributed by atoms with Gasteiger partial charge in [-0.1, -0.05) is 6.07 Å². The van der Waals surface area contributed by atoms with Crippen molar-refractivity contribution in [2.24, 2.45) is 5.73 Å². The number of fused-ring (bicyclic) bond motifs is 2. The molecule has 1 aromatic carbocycles. The van der Waals surface area contributed by atoms with E-state index in [1.807, 2.05) is 0 Å². The fourth-order valence-corrected chi connectivity index (χ4v) is 4.27. The maximum Gasteiger partial charge on any atom is 0.127 e. The van der Waals surface area contributed by atoms with Crippen LogP contribution < -0.4 is 10.5 Å². The van der Waals surface area contributed by atoms with Gasteiger partial charge in [0, 0.05) is 43.1 Å². The van der Waals surface area contributed by atoms with Crippen molar-refractivity contribution in [2.75, 3.05) is 13.1 Å². The molecule has 0 saturated carbocycles. The van der Waals surface area contributed by atoms with Crippen LogP contribution >= 0.6 is 0 Å². The average Bonchev–Trinajstić information content (AvgIpc) is 2.85. The molecule has 2 fully saturated rings. The van der Waals surface area contributed by atoms with Gasteiger partial charge >= 0.3 is 0 Å². The normalized spacial score (nSPS) is 36.5. The van der Waals surface area contributed by atoms with Crippen molar-refractivity contribution in [3.05, 3.63) is 29.6 Å². The molecule has 3 nitrogen and oxygen atoms in total. The highest BCUT2D eigenvalue weighted by Gasteiger charge is 2.46. The number of piperidine rings is 1. The van der Waals surface area contributed by atoms with E-state index in [0.717, 1.165) is 31.4 Å². The van der Waals surface area contributed by atoms with Crippen LogP contribution in [0.5, 0.6) is 5.75 Å². The highest BCUT2D eigenvalue weighted by atomic mass is 19.1. The van der Waals surface area contributed by atoms with Gasteiger partial charge < -0.3 is 15.4 Å². The first-order chi connectivity index (χ1) is 9.65. The molecule has 3 heterocycles. The van der Waals surface area contributed by atoms with E-state index in [4.69, 9.17) is 10.5 Å². The van der Waals surface area contributed by atoms with Gasteiger partial charge in [-0.2, -0.15) is 0 Å². The third kappa shape index (κ3) is 1.93. The van der Waals surface area contributed by atoms with E-state index in [9.17, 15) is 4.39 Å². The Kier molecular flexibility index (Phi) is 2.79. The van der Waals surface area contributed by atoms with Crippen LogP contribution in [-0.4, -0.2) is 29.6 Å². The smallest absolute Gasteiger partial charge is 0.127 e. The lowest BCUT2D eigenvalue weighted by atomic mass is 9.78. The zero-order valence-electron chi connectivity index (χ0n) is 11.6. The first kappa shape index (κ1) is 12.6. The number of hydrogen-bond donors (Lipinski definition) is 1. The molecule has 0 amide bonds. The maximum absolute atomic E-state index is 13.5. The first-order valence-corrected chi connectivity index (χ1v) is 7.63. The molecule has 2 unspecified atom stereocenters. The van der Waals surface area contributed by atoms with Crippen molar-refractivity contribution in [3.8, 4) is 5.75 Å². The summed E-state index contributed by atoms with van der Waals surface area (Å²) in [5.74, 6) is 0.418. The maximum atomic E-state index is 13.5. The van der Waals surface area contributed by atoms with Gasteiger partial charge in [0.15, 0.2) is 0 Å². The van der Waals surface area contributed by atoms with Crippen LogP contribution in [0.1, 0.15) is 43.7 Å². The number of benzene rings is 1. The summed E-state index contributed by atoms with van der Waals surface area (Å²) < 4.78 is 19.7. The van der Waals surface area contributed by atoms with Crippen molar-refractivity contribution in [2.45, 2.75) is 49.8 Å². The molecule has 3 aliphatic heterocycles. The second kappa shape index (κ2) is 4.43. The molecule has 0 aromatic heterocycles. The van der Waals surface area contributed by atoms with Gasteiger partial charge in [-0.05, 0) is 31.9 Å². The van der Waals surface area contributed by atoms with Crippen molar-refractivity contribution < 1.29 is 9.13 Å². The molecule has 3 aliphatic rings. The monoisotopic (exact) mass is 276 g/mol. The van der Waals surface area contributed by atoms with E-state index in [1.54, 1.807) is 6.07 Å². The third-order valence-electron chi connectivity index (χ3n) is 5.25. The van der Waals surface area contributed by atoms with E-state index in [1.165, 1.54) is 31.5 Å². The van der Waals surface area contributed by atoms with Gasteiger partial charge in [-0.3, -0.25) is 0 Å². The number of nitrogens with two attached hydrogens (primary N) is 1. The summed E-state index contributed by atoms with van der Waals surface area (Å²) in [5.41, 5.74) is 7.10. The molecule has 2 saturated heterocycles. The SMILES string of the molecule is N[C@@H]1CC2(CCN3CCCC3C2)Oc2cc(F)ccc21. The number of rotatable bonds is 0. The summed E-state index contributed by atoms with van der Waals surface area (Å²) in [4.78, 5) is 2.57. The van der Waals surface area contributed by atoms with Gasteiger partial charge in [0.25, 0.3) is 0 Å². The Hall–Kier alpha value is -1.13. The summed E-state index contributed by atoms with van der Waals surface area (Å²) in [6.45, 7) is 2.31. The van der Waals surface area contributed by atoms with E-state index in [-0.39, 0.29) is 17.5 Å². The lowest BCUT2D eigenvalue weighted by molar-refractivity contribution is -0.0360. The lowest BCUT2D eigenvalue weighted by Gasteiger charge is -2.48. The standard InChI is InChI=1S/C16H21FN2O/c17-11-3-4-13-14(18)10-16(20-15(13)8-11)5-7-19-6-1-2-12(19)9-16/h3-4,8,12,14H,1-2,5-7,9-10,18H2/t12?,14-,16?/m1/s1. The molecule has 20 heavy (non-hydrogen) atoms. The predicted octanol–water partition coefficient (Wildman–Crippen LogP) is 2.61. The minimum atomic E-state index is -0.244. The molecule has 1 spiro atoms. The molecular formula is C16H21FN2O. The number of ether oxygens (including phenoxy) is 1. The van der Waals surface area contributed by atoms with Crippen LogP contribution in [0.25, 0.3) is 0 Å². The van der Waals surface area contributed by atoms with Crippen LogP contribution in [0.3, 0.4) is 0 Å². The summed E-state index contributed by atoms with van der Waals surface area (Å²) in [6.07, 6.45) is 5.45. The van der Waals surface area contributed by atoms with E-state index in [2.05, 4.69) is 4.90 Å². The van der Waals surface area contributed by atoms with Crippen LogP contribution in [-0.2, 0) is 0 Å². The van der Waals surface area contributed by atoms with Crippen LogP contribution in [0.4, 0.5) is 4.39 Å². The van der Waals surface area contributed by atoms with Gasteiger partial charge in [-0.25, -0.2) is 4.39 Å². The Balaban J connectivity index is 1.64. The Bertz CT molecular complexity index is 535.